The van der Waals surface area contributed by atoms with Gasteiger partial charge in [0.2, 0.25) is 0 Å². The van der Waals surface area contributed by atoms with E-state index in [1.165, 1.54) is 5.56 Å². The lowest BCUT2D eigenvalue weighted by Gasteiger charge is -2.25. The molecular weight excluding hydrogens is 248 g/mol. The third-order valence-electron chi connectivity index (χ3n) is 3.28. The van der Waals surface area contributed by atoms with Crippen LogP contribution in [0.5, 0.6) is 5.75 Å². The molecule has 0 amide bonds. The van der Waals surface area contributed by atoms with Crippen molar-refractivity contribution in [3.05, 3.63) is 53.6 Å². The van der Waals surface area contributed by atoms with E-state index in [1.807, 2.05) is 12.1 Å². The summed E-state index contributed by atoms with van der Waals surface area (Å²) in [4.78, 5) is 2.11. The minimum Gasteiger partial charge on any atom is -0.497 e. The predicted octanol–water partition coefficient (Wildman–Crippen LogP) is 4.03. The van der Waals surface area contributed by atoms with E-state index in [1.54, 1.807) is 13.2 Å². The van der Waals surface area contributed by atoms with Gasteiger partial charge in [0.1, 0.15) is 11.8 Å². The molecular formula is C17H18N2O. The highest BCUT2D eigenvalue weighted by atomic mass is 16.5. The van der Waals surface area contributed by atoms with E-state index in [0.29, 0.717) is 5.56 Å². The van der Waals surface area contributed by atoms with Crippen LogP contribution in [0.2, 0.25) is 0 Å². The van der Waals surface area contributed by atoms with Gasteiger partial charge in [-0.25, -0.2) is 0 Å². The summed E-state index contributed by atoms with van der Waals surface area (Å²) in [7, 11) is 1.63. The first-order valence-corrected chi connectivity index (χ1v) is 6.62. The minimum atomic E-state index is 0.647. The van der Waals surface area contributed by atoms with Crippen LogP contribution in [0.1, 0.15) is 18.1 Å². The van der Waals surface area contributed by atoms with Crippen LogP contribution < -0.4 is 9.64 Å². The van der Waals surface area contributed by atoms with Gasteiger partial charge in [-0.3, -0.25) is 0 Å². The number of methoxy groups -OCH3 is 1. The van der Waals surface area contributed by atoms with Crippen molar-refractivity contribution in [2.24, 2.45) is 0 Å². The third-order valence-corrected chi connectivity index (χ3v) is 3.28. The maximum Gasteiger partial charge on any atom is 0.121 e. The van der Waals surface area contributed by atoms with Crippen molar-refractivity contribution in [3.63, 3.8) is 0 Å². The fourth-order valence-electron chi connectivity index (χ4n) is 2.17. The average molecular weight is 266 g/mol. The van der Waals surface area contributed by atoms with E-state index in [2.05, 4.69) is 49.1 Å². The Labute approximate surface area is 120 Å². The van der Waals surface area contributed by atoms with Crippen molar-refractivity contribution in [1.29, 1.82) is 5.26 Å². The van der Waals surface area contributed by atoms with Crippen LogP contribution in [0.4, 0.5) is 11.4 Å². The maximum absolute atomic E-state index is 9.30. The molecule has 0 aliphatic rings. The molecule has 0 heterocycles. The molecule has 0 aliphatic carbocycles. The van der Waals surface area contributed by atoms with E-state index >= 15 is 0 Å². The second-order valence-electron chi connectivity index (χ2n) is 4.57. The van der Waals surface area contributed by atoms with Crippen molar-refractivity contribution < 1.29 is 4.74 Å². The van der Waals surface area contributed by atoms with Crippen molar-refractivity contribution in [2.45, 2.75) is 13.8 Å². The van der Waals surface area contributed by atoms with Gasteiger partial charge < -0.3 is 9.64 Å². The molecule has 0 radical (unpaired) electrons. The topological polar surface area (TPSA) is 36.3 Å². The zero-order valence-corrected chi connectivity index (χ0v) is 12.1. The molecule has 2 rings (SSSR count). The summed E-state index contributed by atoms with van der Waals surface area (Å²) in [5.41, 5.74) is 3.81. The SMILES string of the molecule is CCN(c1ccc(C)cc1)c1cc(OC)ccc1C#N. The van der Waals surface area contributed by atoms with Crippen LogP contribution in [0, 0.1) is 18.3 Å². The number of hydrogen-bond donors (Lipinski definition) is 0. The van der Waals surface area contributed by atoms with E-state index in [9.17, 15) is 5.26 Å². The van der Waals surface area contributed by atoms with E-state index in [0.717, 1.165) is 23.7 Å². The van der Waals surface area contributed by atoms with Crippen molar-refractivity contribution >= 4 is 11.4 Å². The lowest BCUT2D eigenvalue weighted by molar-refractivity contribution is 0.415. The largest absolute Gasteiger partial charge is 0.497 e. The Kier molecular flexibility index (Phi) is 4.27. The number of nitriles is 1. The summed E-state index contributed by atoms with van der Waals surface area (Å²) < 4.78 is 5.27. The van der Waals surface area contributed by atoms with Gasteiger partial charge in [0, 0.05) is 18.3 Å². The van der Waals surface area contributed by atoms with Crippen LogP contribution in [-0.2, 0) is 0 Å². The molecule has 0 N–H and O–H groups in total. The number of rotatable bonds is 4. The van der Waals surface area contributed by atoms with Crippen LogP contribution in [0.25, 0.3) is 0 Å². The van der Waals surface area contributed by atoms with Gasteiger partial charge in [-0.05, 0) is 38.1 Å². The van der Waals surface area contributed by atoms with Gasteiger partial charge in [0.15, 0.2) is 0 Å². The van der Waals surface area contributed by atoms with Crippen LogP contribution >= 0.6 is 0 Å². The normalized spacial score (nSPS) is 9.90. The van der Waals surface area contributed by atoms with E-state index < -0.39 is 0 Å². The van der Waals surface area contributed by atoms with Crippen molar-refractivity contribution in [2.75, 3.05) is 18.6 Å². The Morgan fingerprint density at radius 2 is 1.85 bits per heavy atom. The van der Waals surface area contributed by atoms with Crippen LogP contribution in [0.15, 0.2) is 42.5 Å². The summed E-state index contributed by atoms with van der Waals surface area (Å²) in [6.45, 7) is 4.91. The molecule has 0 unspecified atom stereocenters. The Bertz CT molecular complexity index is 626. The molecule has 0 saturated carbocycles. The minimum absolute atomic E-state index is 0.647. The van der Waals surface area contributed by atoms with Gasteiger partial charge in [0.25, 0.3) is 0 Å². The van der Waals surface area contributed by atoms with Crippen LogP contribution in [-0.4, -0.2) is 13.7 Å². The summed E-state index contributed by atoms with van der Waals surface area (Å²) in [6, 6.07) is 16.0. The number of benzene rings is 2. The monoisotopic (exact) mass is 266 g/mol. The first-order valence-electron chi connectivity index (χ1n) is 6.62. The van der Waals surface area contributed by atoms with E-state index in [-0.39, 0.29) is 0 Å². The fraction of sp³-hybridized carbons (Fsp3) is 0.235. The summed E-state index contributed by atoms with van der Waals surface area (Å²) in [5, 5.41) is 9.30. The second-order valence-corrected chi connectivity index (χ2v) is 4.57. The lowest BCUT2D eigenvalue weighted by atomic mass is 10.1. The standard InChI is InChI=1S/C17H18N2O/c1-4-19(15-8-5-13(2)6-9-15)17-11-16(20-3)10-7-14(17)12-18/h5-11H,4H2,1-3H3. The highest BCUT2D eigenvalue weighted by Gasteiger charge is 2.13. The maximum atomic E-state index is 9.30. The molecule has 20 heavy (non-hydrogen) atoms. The van der Waals surface area contributed by atoms with E-state index in [4.69, 9.17) is 4.74 Å². The molecule has 2 aromatic carbocycles. The number of ether oxygens (including phenoxy) is 1. The molecule has 102 valence electrons. The van der Waals surface area contributed by atoms with Gasteiger partial charge in [0.05, 0.1) is 18.4 Å². The molecule has 0 bridgehead atoms. The number of hydrogen-bond acceptors (Lipinski definition) is 3. The summed E-state index contributed by atoms with van der Waals surface area (Å²) in [5.74, 6) is 0.754. The van der Waals surface area contributed by atoms with Gasteiger partial charge in [-0.15, -0.1) is 0 Å². The number of anilines is 2. The quantitative estimate of drug-likeness (QED) is 0.838. The Morgan fingerprint density at radius 1 is 1.15 bits per heavy atom. The number of aryl methyl sites for hydroxylation is 1. The van der Waals surface area contributed by atoms with Gasteiger partial charge >= 0.3 is 0 Å². The Hall–Kier alpha value is -2.47. The molecule has 0 spiro atoms. The Balaban J connectivity index is 2.51. The fourth-order valence-corrected chi connectivity index (χ4v) is 2.17. The van der Waals surface area contributed by atoms with Crippen molar-refractivity contribution in [1.82, 2.24) is 0 Å². The zero-order valence-electron chi connectivity index (χ0n) is 12.1. The number of nitrogens with zero attached hydrogens (tertiary/aromatic N) is 2. The highest BCUT2D eigenvalue weighted by molar-refractivity contribution is 5.70. The van der Waals surface area contributed by atoms with Crippen LogP contribution in [0.3, 0.4) is 0 Å². The van der Waals surface area contributed by atoms with Crippen molar-refractivity contribution in [3.8, 4) is 11.8 Å². The molecule has 3 heteroatoms. The smallest absolute Gasteiger partial charge is 0.121 e. The lowest BCUT2D eigenvalue weighted by Crippen LogP contribution is -2.17. The van der Waals surface area contributed by atoms with Gasteiger partial charge in [-0.1, -0.05) is 17.7 Å². The molecule has 3 nitrogen and oxygen atoms in total. The molecule has 0 saturated heterocycles. The molecule has 0 atom stereocenters. The van der Waals surface area contributed by atoms with Gasteiger partial charge in [-0.2, -0.15) is 5.26 Å². The molecule has 0 fully saturated rings. The molecule has 0 aliphatic heterocycles. The zero-order chi connectivity index (χ0) is 14.5. The average Bonchev–Trinajstić information content (AvgIpc) is 2.49. The Morgan fingerprint density at radius 3 is 2.40 bits per heavy atom. The third kappa shape index (κ3) is 2.75. The molecule has 0 aromatic heterocycles. The summed E-state index contributed by atoms with van der Waals surface area (Å²) in [6.07, 6.45) is 0. The highest BCUT2D eigenvalue weighted by Crippen LogP contribution is 2.31. The predicted molar refractivity (Wildman–Crippen MR) is 81.6 cm³/mol. The first-order chi connectivity index (χ1) is 9.69. The first kappa shape index (κ1) is 14.0. The molecule has 2 aromatic rings. The summed E-state index contributed by atoms with van der Waals surface area (Å²) >= 11 is 0. The second kappa shape index (κ2) is 6.12.